The standard InChI is InChI=1S/C29H22Br2N2O3/c30-23-11-6-19(7-12-23)16-27(34)32-25-15-10-22(29(36)21-4-2-1-3-5-21)18-26(25)33-28(35)17-20-8-13-24(31)14-9-20/h1-15,18H,16-17H2,(H,32,34)(H,33,35). The quantitative estimate of drug-likeness (QED) is 0.217. The summed E-state index contributed by atoms with van der Waals surface area (Å²) in [4.78, 5) is 38.6. The van der Waals surface area contributed by atoms with Crippen molar-refractivity contribution in [2.45, 2.75) is 12.8 Å². The van der Waals surface area contributed by atoms with E-state index in [9.17, 15) is 14.4 Å². The van der Waals surface area contributed by atoms with Gasteiger partial charge in [-0.05, 0) is 53.6 Å². The molecule has 0 fully saturated rings. The number of halogens is 2. The van der Waals surface area contributed by atoms with Crippen LogP contribution in [0, 0.1) is 0 Å². The molecular formula is C29H22Br2N2O3. The van der Waals surface area contributed by atoms with Crippen molar-refractivity contribution in [3.8, 4) is 0 Å². The first-order valence-electron chi connectivity index (χ1n) is 11.2. The van der Waals surface area contributed by atoms with Crippen molar-refractivity contribution in [2.75, 3.05) is 10.6 Å². The molecule has 0 saturated heterocycles. The Morgan fingerprint density at radius 2 is 1.06 bits per heavy atom. The summed E-state index contributed by atoms with van der Waals surface area (Å²) >= 11 is 6.78. The molecule has 0 heterocycles. The van der Waals surface area contributed by atoms with E-state index in [-0.39, 0.29) is 30.4 Å². The van der Waals surface area contributed by atoms with Crippen LogP contribution in [0.5, 0.6) is 0 Å². The molecule has 5 nitrogen and oxygen atoms in total. The predicted molar refractivity (Wildman–Crippen MR) is 149 cm³/mol. The van der Waals surface area contributed by atoms with Crippen molar-refractivity contribution >= 4 is 60.8 Å². The van der Waals surface area contributed by atoms with Gasteiger partial charge in [-0.1, -0.05) is 86.5 Å². The van der Waals surface area contributed by atoms with E-state index in [1.807, 2.05) is 54.6 Å². The van der Waals surface area contributed by atoms with E-state index in [1.54, 1.807) is 42.5 Å². The molecule has 2 amide bonds. The molecule has 0 saturated carbocycles. The lowest BCUT2D eigenvalue weighted by Crippen LogP contribution is -2.19. The molecule has 4 aromatic rings. The Hall–Kier alpha value is -3.55. The van der Waals surface area contributed by atoms with Crippen LogP contribution in [0.3, 0.4) is 0 Å². The molecule has 7 heteroatoms. The zero-order valence-electron chi connectivity index (χ0n) is 19.1. The van der Waals surface area contributed by atoms with Gasteiger partial charge >= 0.3 is 0 Å². The molecule has 4 aromatic carbocycles. The van der Waals surface area contributed by atoms with Crippen molar-refractivity contribution in [2.24, 2.45) is 0 Å². The molecule has 4 rings (SSSR count). The van der Waals surface area contributed by atoms with Crippen LogP contribution in [0.2, 0.25) is 0 Å². The minimum Gasteiger partial charge on any atom is -0.324 e. The lowest BCUT2D eigenvalue weighted by molar-refractivity contribution is -0.116. The van der Waals surface area contributed by atoms with Gasteiger partial charge in [-0.2, -0.15) is 0 Å². The fourth-order valence-electron chi connectivity index (χ4n) is 3.62. The summed E-state index contributed by atoms with van der Waals surface area (Å²) in [6.45, 7) is 0. The van der Waals surface area contributed by atoms with Crippen LogP contribution in [-0.4, -0.2) is 17.6 Å². The molecule has 0 spiro atoms. The number of hydrogen-bond donors (Lipinski definition) is 2. The number of rotatable bonds is 8. The Balaban J connectivity index is 1.57. The van der Waals surface area contributed by atoms with E-state index in [2.05, 4.69) is 42.5 Å². The smallest absolute Gasteiger partial charge is 0.228 e. The van der Waals surface area contributed by atoms with Gasteiger partial charge in [-0.25, -0.2) is 0 Å². The topological polar surface area (TPSA) is 75.3 Å². The van der Waals surface area contributed by atoms with E-state index in [4.69, 9.17) is 0 Å². The molecule has 0 bridgehead atoms. The Kier molecular flexibility index (Phi) is 8.46. The number of ketones is 1. The highest BCUT2D eigenvalue weighted by molar-refractivity contribution is 9.10. The van der Waals surface area contributed by atoms with Crippen LogP contribution in [0.15, 0.2) is 106 Å². The van der Waals surface area contributed by atoms with E-state index >= 15 is 0 Å². The Labute approximate surface area is 226 Å². The first kappa shape index (κ1) is 25.5. The van der Waals surface area contributed by atoms with Gasteiger partial charge in [0.1, 0.15) is 0 Å². The number of benzene rings is 4. The first-order valence-corrected chi connectivity index (χ1v) is 12.8. The average molecular weight is 606 g/mol. The van der Waals surface area contributed by atoms with Gasteiger partial charge in [0, 0.05) is 20.1 Å². The minimum atomic E-state index is -0.259. The monoisotopic (exact) mass is 604 g/mol. The number of carbonyl (C=O) groups excluding carboxylic acids is 3. The fraction of sp³-hybridized carbons (Fsp3) is 0.0690. The van der Waals surface area contributed by atoms with Gasteiger partial charge in [-0.3, -0.25) is 14.4 Å². The molecule has 0 radical (unpaired) electrons. The Morgan fingerprint density at radius 1 is 0.556 bits per heavy atom. The van der Waals surface area contributed by atoms with Gasteiger partial charge in [0.25, 0.3) is 0 Å². The lowest BCUT2D eigenvalue weighted by Gasteiger charge is -2.14. The maximum absolute atomic E-state index is 13.0. The van der Waals surface area contributed by atoms with Crippen molar-refractivity contribution in [1.82, 2.24) is 0 Å². The van der Waals surface area contributed by atoms with Crippen molar-refractivity contribution in [3.63, 3.8) is 0 Å². The number of anilines is 2. The van der Waals surface area contributed by atoms with Crippen LogP contribution in [-0.2, 0) is 22.4 Å². The highest BCUT2D eigenvalue weighted by atomic mass is 79.9. The van der Waals surface area contributed by atoms with Crippen LogP contribution >= 0.6 is 31.9 Å². The Bertz CT molecular complexity index is 1390. The van der Waals surface area contributed by atoms with Gasteiger partial charge in [0.15, 0.2) is 5.78 Å². The zero-order chi connectivity index (χ0) is 25.5. The van der Waals surface area contributed by atoms with Crippen molar-refractivity contribution in [3.05, 3.63) is 128 Å². The molecule has 180 valence electrons. The molecule has 0 aliphatic rings. The minimum absolute atomic E-state index is 0.149. The SMILES string of the molecule is O=C(Cc1ccc(Br)cc1)Nc1ccc(C(=O)c2ccccc2)cc1NC(=O)Cc1ccc(Br)cc1. The van der Waals surface area contributed by atoms with Gasteiger partial charge in [0.2, 0.25) is 11.8 Å². The molecule has 0 aromatic heterocycles. The normalized spacial score (nSPS) is 10.5. The molecule has 0 unspecified atom stereocenters. The zero-order valence-corrected chi connectivity index (χ0v) is 22.3. The molecule has 0 atom stereocenters. The summed E-state index contributed by atoms with van der Waals surface area (Å²) in [7, 11) is 0. The summed E-state index contributed by atoms with van der Waals surface area (Å²) in [5, 5.41) is 5.75. The van der Waals surface area contributed by atoms with E-state index in [0.29, 0.717) is 22.5 Å². The summed E-state index contributed by atoms with van der Waals surface area (Å²) in [6.07, 6.45) is 0.320. The summed E-state index contributed by atoms with van der Waals surface area (Å²) in [5.74, 6) is -0.667. The summed E-state index contributed by atoms with van der Waals surface area (Å²) in [5.41, 5.74) is 3.43. The first-order chi connectivity index (χ1) is 17.4. The van der Waals surface area contributed by atoms with E-state index < -0.39 is 0 Å². The maximum Gasteiger partial charge on any atom is 0.228 e. The average Bonchev–Trinajstić information content (AvgIpc) is 2.88. The van der Waals surface area contributed by atoms with Gasteiger partial charge < -0.3 is 10.6 Å². The predicted octanol–water partition coefficient (Wildman–Crippen LogP) is 6.81. The molecular weight excluding hydrogens is 584 g/mol. The maximum atomic E-state index is 13.0. The third-order valence-corrected chi connectivity index (χ3v) is 6.48. The molecule has 2 N–H and O–H groups in total. The largest absolute Gasteiger partial charge is 0.324 e. The third kappa shape index (κ3) is 6.99. The Morgan fingerprint density at radius 3 is 1.58 bits per heavy atom. The number of hydrogen-bond acceptors (Lipinski definition) is 3. The van der Waals surface area contributed by atoms with Gasteiger partial charge in [-0.15, -0.1) is 0 Å². The number of amides is 2. The summed E-state index contributed by atoms with van der Waals surface area (Å²) in [6, 6.07) is 28.8. The highest BCUT2D eigenvalue weighted by Gasteiger charge is 2.16. The molecule has 36 heavy (non-hydrogen) atoms. The highest BCUT2D eigenvalue weighted by Crippen LogP contribution is 2.26. The third-order valence-electron chi connectivity index (χ3n) is 5.42. The number of carbonyl (C=O) groups is 3. The molecule has 0 aliphatic carbocycles. The van der Waals surface area contributed by atoms with Gasteiger partial charge in [0.05, 0.1) is 24.2 Å². The second-order valence-electron chi connectivity index (χ2n) is 8.16. The van der Waals surface area contributed by atoms with Crippen LogP contribution < -0.4 is 10.6 Å². The van der Waals surface area contributed by atoms with E-state index in [1.165, 1.54) is 0 Å². The summed E-state index contributed by atoms with van der Waals surface area (Å²) < 4.78 is 1.86. The van der Waals surface area contributed by atoms with Crippen molar-refractivity contribution < 1.29 is 14.4 Å². The van der Waals surface area contributed by atoms with Crippen LogP contribution in [0.1, 0.15) is 27.0 Å². The second-order valence-corrected chi connectivity index (χ2v) is 9.99. The van der Waals surface area contributed by atoms with Crippen LogP contribution in [0.25, 0.3) is 0 Å². The second kappa shape index (κ2) is 11.9. The van der Waals surface area contributed by atoms with Crippen LogP contribution in [0.4, 0.5) is 11.4 Å². The fourth-order valence-corrected chi connectivity index (χ4v) is 4.15. The van der Waals surface area contributed by atoms with Crippen molar-refractivity contribution in [1.29, 1.82) is 0 Å². The number of nitrogens with one attached hydrogen (secondary N) is 2. The lowest BCUT2D eigenvalue weighted by atomic mass is 10.0. The van der Waals surface area contributed by atoms with E-state index in [0.717, 1.165) is 20.1 Å². The molecule has 0 aliphatic heterocycles.